The zero-order valence-electron chi connectivity index (χ0n) is 17.2. The van der Waals surface area contributed by atoms with Crippen molar-refractivity contribution in [2.24, 2.45) is 0 Å². The Kier molecular flexibility index (Phi) is 6.48. The van der Waals surface area contributed by atoms with E-state index in [1.807, 2.05) is 19.9 Å². The number of amides is 2. The van der Waals surface area contributed by atoms with Gasteiger partial charge in [0.15, 0.2) is 0 Å². The molecule has 2 amide bonds. The van der Waals surface area contributed by atoms with Crippen LogP contribution < -0.4 is 15.4 Å². The van der Waals surface area contributed by atoms with Crippen molar-refractivity contribution in [2.45, 2.75) is 32.9 Å². The highest BCUT2D eigenvalue weighted by Crippen LogP contribution is 2.33. The number of nitrogens with zero attached hydrogens (tertiary/aromatic N) is 1. The Bertz CT molecular complexity index is 1060. The summed E-state index contributed by atoms with van der Waals surface area (Å²) < 4.78 is 44.9. The number of pyridine rings is 1. The average Bonchev–Trinajstić information content (AvgIpc) is 2.70. The second kappa shape index (κ2) is 9.07. The van der Waals surface area contributed by atoms with Crippen molar-refractivity contribution < 1.29 is 22.7 Å². The molecule has 1 heterocycles. The molecule has 2 aromatic carbocycles. The zero-order chi connectivity index (χ0) is 22.6. The summed E-state index contributed by atoms with van der Waals surface area (Å²) in [5.74, 6) is 1.49. The molecule has 0 fully saturated rings. The first-order valence-corrected chi connectivity index (χ1v) is 9.61. The van der Waals surface area contributed by atoms with Crippen molar-refractivity contribution >= 4 is 17.4 Å². The van der Waals surface area contributed by atoms with Gasteiger partial charge in [0, 0.05) is 29.3 Å². The first-order valence-electron chi connectivity index (χ1n) is 9.61. The predicted octanol–water partition coefficient (Wildman–Crippen LogP) is 6.97. The van der Waals surface area contributed by atoms with Gasteiger partial charge in [-0.3, -0.25) is 4.98 Å². The van der Waals surface area contributed by atoms with Crippen molar-refractivity contribution in [1.29, 1.82) is 0 Å². The van der Waals surface area contributed by atoms with Crippen LogP contribution in [-0.2, 0) is 6.18 Å². The molecule has 0 aliphatic rings. The van der Waals surface area contributed by atoms with Gasteiger partial charge in [0.2, 0.25) is 0 Å². The largest absolute Gasteiger partial charge is 0.457 e. The lowest BCUT2D eigenvalue weighted by Gasteiger charge is -2.13. The van der Waals surface area contributed by atoms with Crippen molar-refractivity contribution in [3.63, 3.8) is 0 Å². The van der Waals surface area contributed by atoms with E-state index >= 15 is 0 Å². The number of aryl methyl sites for hydroxylation is 1. The molecule has 0 saturated heterocycles. The minimum atomic E-state index is -4.49. The van der Waals surface area contributed by atoms with Crippen LogP contribution in [0.3, 0.4) is 0 Å². The van der Waals surface area contributed by atoms with Crippen LogP contribution in [0.5, 0.6) is 11.5 Å². The highest BCUT2D eigenvalue weighted by atomic mass is 19.4. The number of anilines is 2. The van der Waals surface area contributed by atoms with Crippen LogP contribution in [0.2, 0.25) is 0 Å². The van der Waals surface area contributed by atoms with E-state index in [0.29, 0.717) is 17.2 Å². The van der Waals surface area contributed by atoms with E-state index in [1.54, 1.807) is 36.5 Å². The third kappa shape index (κ3) is 5.97. The molecule has 0 spiro atoms. The van der Waals surface area contributed by atoms with Gasteiger partial charge in [0.05, 0.1) is 5.56 Å². The van der Waals surface area contributed by atoms with E-state index in [4.69, 9.17) is 4.74 Å². The van der Waals surface area contributed by atoms with Gasteiger partial charge < -0.3 is 15.4 Å². The number of aromatic nitrogens is 1. The Morgan fingerprint density at radius 3 is 2.23 bits per heavy atom. The van der Waals surface area contributed by atoms with Crippen molar-refractivity contribution in [3.05, 3.63) is 77.6 Å². The summed E-state index contributed by atoms with van der Waals surface area (Å²) in [5.41, 5.74) is 0.726. The molecule has 0 bridgehead atoms. The maximum Gasteiger partial charge on any atom is 0.416 e. The molecule has 0 atom stereocenters. The van der Waals surface area contributed by atoms with Crippen LogP contribution >= 0.6 is 0 Å². The monoisotopic (exact) mass is 429 g/mol. The highest BCUT2D eigenvalue weighted by molar-refractivity contribution is 5.99. The predicted molar refractivity (Wildman–Crippen MR) is 114 cm³/mol. The number of alkyl halides is 3. The summed E-state index contributed by atoms with van der Waals surface area (Å²) in [6.07, 6.45) is -2.81. The topological polar surface area (TPSA) is 63.2 Å². The Balaban J connectivity index is 1.62. The van der Waals surface area contributed by atoms with Gasteiger partial charge in [-0.1, -0.05) is 19.9 Å². The Labute approximate surface area is 178 Å². The standard InChI is InChI=1S/C23H22F3N3O2/c1-14(2)21-13-19(10-11-27-21)31-18-8-6-16(7-9-18)28-22(30)29-17-5-4-15(3)20(12-17)23(24,25)26/h4-14H,1-3H3,(H2,28,29,30). The van der Waals surface area contributed by atoms with Crippen molar-refractivity contribution in [1.82, 2.24) is 4.98 Å². The molecule has 162 valence electrons. The molecule has 3 aromatic rings. The molecule has 1 aromatic heterocycles. The summed E-state index contributed by atoms with van der Waals surface area (Å²) in [7, 11) is 0. The maximum absolute atomic E-state index is 13.0. The first kappa shape index (κ1) is 22.1. The van der Waals surface area contributed by atoms with Crippen molar-refractivity contribution in [2.75, 3.05) is 10.6 Å². The zero-order valence-corrected chi connectivity index (χ0v) is 17.2. The molecular weight excluding hydrogens is 407 g/mol. The number of ether oxygens (including phenoxy) is 1. The number of hydrogen-bond donors (Lipinski definition) is 2. The van der Waals surface area contributed by atoms with Gasteiger partial charge in [-0.25, -0.2) is 4.79 Å². The summed E-state index contributed by atoms with van der Waals surface area (Å²) in [4.78, 5) is 16.5. The van der Waals surface area contributed by atoms with E-state index < -0.39 is 17.8 Å². The molecule has 0 aliphatic heterocycles. The number of carbonyl (C=O) groups is 1. The number of halogens is 3. The van der Waals surface area contributed by atoms with Crippen LogP contribution in [0.25, 0.3) is 0 Å². The smallest absolute Gasteiger partial charge is 0.416 e. The van der Waals surface area contributed by atoms with Gasteiger partial charge in [-0.05, 0) is 60.9 Å². The average molecular weight is 429 g/mol. The Morgan fingerprint density at radius 1 is 0.935 bits per heavy atom. The minimum Gasteiger partial charge on any atom is -0.457 e. The fraction of sp³-hybridized carbons (Fsp3) is 0.217. The summed E-state index contributed by atoms with van der Waals surface area (Å²) in [5, 5.41) is 4.99. The van der Waals surface area contributed by atoms with Gasteiger partial charge in [-0.15, -0.1) is 0 Å². The molecule has 3 rings (SSSR count). The molecule has 31 heavy (non-hydrogen) atoms. The Hall–Kier alpha value is -3.55. The van der Waals surface area contributed by atoms with E-state index in [2.05, 4.69) is 15.6 Å². The molecule has 0 saturated carbocycles. The molecule has 0 unspecified atom stereocenters. The number of rotatable bonds is 5. The third-order valence-corrected chi connectivity index (χ3v) is 4.49. The van der Waals surface area contributed by atoms with Crippen LogP contribution in [-0.4, -0.2) is 11.0 Å². The summed E-state index contributed by atoms with van der Waals surface area (Å²) in [6.45, 7) is 5.45. The Morgan fingerprint density at radius 2 is 1.58 bits per heavy atom. The van der Waals surface area contributed by atoms with Crippen molar-refractivity contribution in [3.8, 4) is 11.5 Å². The maximum atomic E-state index is 13.0. The summed E-state index contributed by atoms with van der Waals surface area (Å²) in [6, 6.07) is 13.2. The number of benzene rings is 2. The quantitative estimate of drug-likeness (QED) is 0.460. The molecule has 2 N–H and O–H groups in total. The van der Waals surface area contributed by atoms with E-state index in [9.17, 15) is 18.0 Å². The fourth-order valence-corrected chi connectivity index (χ4v) is 2.85. The normalized spacial score (nSPS) is 11.3. The molecule has 8 heteroatoms. The van der Waals surface area contributed by atoms with E-state index in [-0.39, 0.29) is 17.2 Å². The number of nitrogens with one attached hydrogen (secondary N) is 2. The SMILES string of the molecule is Cc1ccc(NC(=O)Nc2ccc(Oc3ccnc(C(C)C)c3)cc2)cc1C(F)(F)F. The lowest BCUT2D eigenvalue weighted by molar-refractivity contribution is -0.138. The molecule has 0 radical (unpaired) electrons. The van der Waals surface area contributed by atoms with Gasteiger partial charge in [-0.2, -0.15) is 13.2 Å². The first-order chi connectivity index (χ1) is 14.6. The van der Waals surface area contributed by atoms with Gasteiger partial charge >= 0.3 is 12.2 Å². The van der Waals surface area contributed by atoms with Gasteiger partial charge in [0.25, 0.3) is 0 Å². The molecule has 0 aliphatic carbocycles. The minimum absolute atomic E-state index is 0.0500. The number of hydrogen-bond acceptors (Lipinski definition) is 3. The van der Waals surface area contributed by atoms with E-state index in [1.165, 1.54) is 19.1 Å². The van der Waals surface area contributed by atoms with Crippen LogP contribution in [0, 0.1) is 6.92 Å². The third-order valence-electron chi connectivity index (χ3n) is 4.49. The molecular formula is C23H22F3N3O2. The second-order valence-electron chi connectivity index (χ2n) is 7.30. The number of urea groups is 1. The fourth-order valence-electron chi connectivity index (χ4n) is 2.85. The highest BCUT2D eigenvalue weighted by Gasteiger charge is 2.32. The lowest BCUT2D eigenvalue weighted by Crippen LogP contribution is -2.20. The second-order valence-corrected chi connectivity index (χ2v) is 7.30. The van der Waals surface area contributed by atoms with Gasteiger partial charge in [0.1, 0.15) is 11.5 Å². The van der Waals surface area contributed by atoms with Crippen LogP contribution in [0.15, 0.2) is 60.8 Å². The number of carbonyl (C=O) groups excluding carboxylic acids is 1. The van der Waals surface area contributed by atoms with Crippen LogP contribution in [0.1, 0.15) is 36.6 Å². The lowest BCUT2D eigenvalue weighted by atomic mass is 10.1. The molecule has 5 nitrogen and oxygen atoms in total. The van der Waals surface area contributed by atoms with Crippen LogP contribution in [0.4, 0.5) is 29.3 Å². The van der Waals surface area contributed by atoms with E-state index in [0.717, 1.165) is 11.8 Å². The summed E-state index contributed by atoms with van der Waals surface area (Å²) >= 11 is 0.